The lowest BCUT2D eigenvalue weighted by Crippen LogP contribution is -2.30. The van der Waals surface area contributed by atoms with Gasteiger partial charge in [0.25, 0.3) is 0 Å². The third kappa shape index (κ3) is 51.8. The Morgan fingerprint density at radius 3 is 1.15 bits per heavy atom. The summed E-state index contributed by atoms with van der Waals surface area (Å²) in [6.45, 7) is 4.46. The second-order valence-electron chi connectivity index (χ2n) is 19.1. The highest BCUT2D eigenvalue weighted by Gasteiger charge is 2.28. The van der Waals surface area contributed by atoms with E-state index < -0.39 is 57.8 Å². The first-order valence-corrected chi connectivity index (χ1v) is 30.3. The second-order valence-corrected chi connectivity index (χ2v) is 20.5. The van der Waals surface area contributed by atoms with E-state index in [4.69, 9.17) is 23.3 Å². The highest BCUT2D eigenvalue weighted by Crippen LogP contribution is 2.43. The molecule has 0 amide bonds. The predicted octanol–water partition coefficient (Wildman–Crippen LogP) is 16.9. The number of phosphoric acid groups is 1. The summed E-state index contributed by atoms with van der Waals surface area (Å²) in [7, 11) is -4.76. The maximum atomic E-state index is 12.9. The van der Waals surface area contributed by atoms with Gasteiger partial charge in [-0.3, -0.25) is 23.4 Å². The van der Waals surface area contributed by atoms with Crippen LogP contribution in [0.15, 0.2) is 72.9 Å². The maximum Gasteiger partial charge on any atom is 0.472 e. The Kier molecular flexibility index (Phi) is 51.9. The van der Waals surface area contributed by atoms with Crippen LogP contribution in [-0.4, -0.2) is 66.5 Å². The number of rotatable bonds is 53. The lowest BCUT2D eigenvalue weighted by molar-refractivity contribution is -0.161. The number of aliphatic hydroxyl groups is 1. The standard InChI is InChI=1S/C60H105O11P/c1-4-7-10-13-16-19-22-25-26-27-28-29-30-33-34-37-40-43-46-49-58(62)67-53-57(71-60(64)51-48-45-42-39-36-32-24-21-18-15-12-9-6-3)55-69-72(65,66)68-54-56(52-61)70-59(63)50-47-44-41-38-35-31-23-20-17-14-11-8-5-2/h9,12,16,18-19,21,25-26,28-29,32,36,56-57,61H,4-8,10-11,13-15,17,20,22-24,27,30-31,33-35,37-55H2,1-3H3,(H,65,66)/b12-9-,19-16-,21-18-,26-25-,29-28-,36-32-. The van der Waals surface area contributed by atoms with Gasteiger partial charge in [-0.15, -0.1) is 0 Å². The Morgan fingerprint density at radius 2 is 0.722 bits per heavy atom. The molecule has 0 aromatic rings. The van der Waals surface area contributed by atoms with Crippen LogP contribution in [0.2, 0.25) is 0 Å². The minimum atomic E-state index is -4.76. The number of phosphoric ester groups is 1. The fraction of sp³-hybridized carbons (Fsp3) is 0.750. The molecule has 2 N–H and O–H groups in total. The van der Waals surface area contributed by atoms with E-state index in [2.05, 4.69) is 93.7 Å². The molecule has 0 fully saturated rings. The Labute approximate surface area is 439 Å². The van der Waals surface area contributed by atoms with Gasteiger partial charge in [-0.1, -0.05) is 216 Å². The summed E-state index contributed by atoms with van der Waals surface area (Å²) in [4.78, 5) is 48.5. The third-order valence-corrected chi connectivity index (χ3v) is 13.1. The molecular formula is C60H105O11P. The zero-order chi connectivity index (χ0) is 52.7. The molecule has 0 rings (SSSR count). The molecule has 72 heavy (non-hydrogen) atoms. The average molecular weight is 1030 g/mol. The predicted molar refractivity (Wildman–Crippen MR) is 298 cm³/mol. The third-order valence-electron chi connectivity index (χ3n) is 12.1. The first-order valence-electron chi connectivity index (χ1n) is 28.8. The highest BCUT2D eigenvalue weighted by atomic mass is 31.2. The minimum absolute atomic E-state index is 0.128. The van der Waals surface area contributed by atoms with Crippen LogP contribution >= 0.6 is 7.82 Å². The van der Waals surface area contributed by atoms with Crippen molar-refractivity contribution < 1.29 is 52.2 Å². The number of carbonyl (C=O) groups is 3. The minimum Gasteiger partial charge on any atom is -0.462 e. The molecule has 0 saturated carbocycles. The van der Waals surface area contributed by atoms with Crippen molar-refractivity contribution in [1.82, 2.24) is 0 Å². The fourth-order valence-electron chi connectivity index (χ4n) is 7.73. The normalized spacial score (nSPS) is 13.9. The number of hydrogen-bond donors (Lipinski definition) is 2. The second kappa shape index (κ2) is 54.2. The highest BCUT2D eigenvalue weighted by molar-refractivity contribution is 7.47. The van der Waals surface area contributed by atoms with Crippen LogP contribution in [0.25, 0.3) is 0 Å². The summed E-state index contributed by atoms with van der Waals surface area (Å²) in [5.74, 6) is -1.51. The van der Waals surface area contributed by atoms with E-state index in [1.165, 1.54) is 83.5 Å². The number of hydrogen-bond acceptors (Lipinski definition) is 10. The van der Waals surface area contributed by atoms with Crippen molar-refractivity contribution in [2.45, 2.75) is 264 Å². The van der Waals surface area contributed by atoms with Crippen molar-refractivity contribution in [2.75, 3.05) is 26.4 Å². The van der Waals surface area contributed by atoms with Crippen molar-refractivity contribution >= 4 is 25.7 Å². The van der Waals surface area contributed by atoms with Crippen LogP contribution < -0.4 is 0 Å². The monoisotopic (exact) mass is 1030 g/mol. The number of ether oxygens (including phenoxy) is 3. The van der Waals surface area contributed by atoms with E-state index in [1.54, 1.807) is 0 Å². The summed E-state index contributed by atoms with van der Waals surface area (Å²) in [6, 6.07) is 0. The summed E-state index contributed by atoms with van der Waals surface area (Å²) in [6.07, 6.45) is 60.0. The van der Waals surface area contributed by atoms with Crippen molar-refractivity contribution in [3.8, 4) is 0 Å². The molecule has 11 nitrogen and oxygen atoms in total. The van der Waals surface area contributed by atoms with E-state index >= 15 is 0 Å². The van der Waals surface area contributed by atoms with Crippen LogP contribution in [0.1, 0.15) is 252 Å². The number of aliphatic hydroxyl groups excluding tert-OH is 1. The van der Waals surface area contributed by atoms with Gasteiger partial charge >= 0.3 is 25.7 Å². The smallest absolute Gasteiger partial charge is 0.462 e. The average Bonchev–Trinajstić information content (AvgIpc) is 3.37. The quantitative estimate of drug-likeness (QED) is 0.0197. The molecule has 0 aliphatic rings. The fourth-order valence-corrected chi connectivity index (χ4v) is 8.51. The molecule has 0 aliphatic heterocycles. The Bertz CT molecular complexity index is 1490. The van der Waals surface area contributed by atoms with Crippen LogP contribution in [-0.2, 0) is 42.2 Å². The van der Waals surface area contributed by atoms with E-state index in [0.717, 1.165) is 109 Å². The largest absolute Gasteiger partial charge is 0.472 e. The molecule has 0 aromatic heterocycles. The van der Waals surface area contributed by atoms with Gasteiger partial charge in [0, 0.05) is 19.3 Å². The van der Waals surface area contributed by atoms with Gasteiger partial charge < -0.3 is 24.2 Å². The molecule has 0 heterocycles. The van der Waals surface area contributed by atoms with Crippen LogP contribution in [0.4, 0.5) is 0 Å². The molecule has 0 bridgehead atoms. The molecule has 416 valence electrons. The van der Waals surface area contributed by atoms with Gasteiger partial charge in [-0.05, 0) is 89.9 Å². The number of carbonyl (C=O) groups excluding carboxylic acids is 3. The topological polar surface area (TPSA) is 155 Å². The molecular weight excluding hydrogens is 928 g/mol. The molecule has 0 radical (unpaired) electrons. The lowest BCUT2D eigenvalue weighted by atomic mass is 10.0. The SMILES string of the molecule is CC/C=C\C/C=C\C/C=C\CCCCCC(=O)OC(COC(=O)CCCCCCCC/C=C\C/C=C\C/C=C\CCCCC)COP(=O)(O)OCC(CO)OC(=O)CCCCCCCCCCCCCCC. The molecule has 12 heteroatoms. The molecule has 0 aliphatic carbocycles. The van der Waals surface area contributed by atoms with Crippen molar-refractivity contribution in [2.24, 2.45) is 0 Å². The Hall–Kier alpha value is -3.08. The van der Waals surface area contributed by atoms with Gasteiger partial charge in [-0.2, -0.15) is 0 Å². The number of unbranched alkanes of at least 4 members (excludes halogenated alkanes) is 24. The van der Waals surface area contributed by atoms with E-state index in [-0.39, 0.29) is 25.9 Å². The molecule has 0 spiro atoms. The summed E-state index contributed by atoms with van der Waals surface area (Å²) in [5, 5.41) is 9.80. The molecule has 0 aromatic carbocycles. The Balaban J connectivity index is 4.74. The van der Waals surface area contributed by atoms with E-state index in [1.807, 2.05) is 0 Å². The van der Waals surface area contributed by atoms with Crippen LogP contribution in [0.5, 0.6) is 0 Å². The van der Waals surface area contributed by atoms with Gasteiger partial charge in [0.05, 0.1) is 19.8 Å². The number of allylic oxidation sites excluding steroid dienone is 12. The van der Waals surface area contributed by atoms with Gasteiger partial charge in [0.2, 0.25) is 0 Å². The van der Waals surface area contributed by atoms with Crippen LogP contribution in [0, 0.1) is 0 Å². The van der Waals surface area contributed by atoms with E-state index in [0.29, 0.717) is 19.3 Å². The van der Waals surface area contributed by atoms with Crippen molar-refractivity contribution in [1.29, 1.82) is 0 Å². The van der Waals surface area contributed by atoms with Gasteiger partial charge in [0.1, 0.15) is 12.7 Å². The maximum absolute atomic E-state index is 12.9. The zero-order valence-corrected chi connectivity index (χ0v) is 46.8. The van der Waals surface area contributed by atoms with Gasteiger partial charge in [-0.25, -0.2) is 4.57 Å². The van der Waals surface area contributed by atoms with E-state index in [9.17, 15) is 28.9 Å². The Morgan fingerprint density at radius 1 is 0.403 bits per heavy atom. The first-order chi connectivity index (χ1) is 35.2. The molecule has 3 unspecified atom stereocenters. The summed E-state index contributed by atoms with van der Waals surface area (Å²) in [5.41, 5.74) is 0. The molecule has 0 saturated heterocycles. The summed E-state index contributed by atoms with van der Waals surface area (Å²) < 4.78 is 39.5. The molecule has 3 atom stereocenters. The number of esters is 3. The zero-order valence-electron chi connectivity index (χ0n) is 45.9. The van der Waals surface area contributed by atoms with Gasteiger partial charge in [0.15, 0.2) is 6.10 Å². The lowest BCUT2D eigenvalue weighted by Gasteiger charge is -2.21. The first kappa shape index (κ1) is 68.9. The van der Waals surface area contributed by atoms with Crippen molar-refractivity contribution in [3.63, 3.8) is 0 Å². The van der Waals surface area contributed by atoms with Crippen molar-refractivity contribution in [3.05, 3.63) is 72.9 Å². The summed E-state index contributed by atoms with van der Waals surface area (Å²) >= 11 is 0. The van der Waals surface area contributed by atoms with Crippen LogP contribution in [0.3, 0.4) is 0 Å².